The summed E-state index contributed by atoms with van der Waals surface area (Å²) < 4.78 is 15.7. The first kappa shape index (κ1) is 15.1. The SMILES string of the molecule is Cn1c(C(=O)Nc2nc3ccc(F)cc3s2)cc2ccc(Cl)cc21. The van der Waals surface area contributed by atoms with Gasteiger partial charge in [-0.1, -0.05) is 29.0 Å². The van der Waals surface area contributed by atoms with Gasteiger partial charge in [-0.25, -0.2) is 9.37 Å². The maximum Gasteiger partial charge on any atom is 0.274 e. The number of fused-ring (bicyclic) bond motifs is 2. The van der Waals surface area contributed by atoms with Crippen LogP contribution in [0, 0.1) is 5.82 Å². The van der Waals surface area contributed by atoms with E-state index >= 15 is 0 Å². The third-order valence-electron chi connectivity index (χ3n) is 3.81. The number of carbonyl (C=O) groups excluding carboxylic acids is 1. The van der Waals surface area contributed by atoms with E-state index in [1.807, 2.05) is 12.1 Å². The smallest absolute Gasteiger partial charge is 0.274 e. The molecular weight excluding hydrogens is 349 g/mol. The van der Waals surface area contributed by atoms with E-state index < -0.39 is 0 Å². The number of anilines is 1. The third kappa shape index (κ3) is 2.53. The van der Waals surface area contributed by atoms with Crippen LogP contribution < -0.4 is 5.32 Å². The molecule has 2 aromatic heterocycles. The summed E-state index contributed by atoms with van der Waals surface area (Å²) in [6, 6.07) is 11.6. The highest BCUT2D eigenvalue weighted by Gasteiger charge is 2.15. The number of hydrogen-bond donors (Lipinski definition) is 1. The van der Waals surface area contributed by atoms with Crippen LogP contribution in [-0.4, -0.2) is 15.5 Å². The van der Waals surface area contributed by atoms with Gasteiger partial charge in [0.2, 0.25) is 0 Å². The van der Waals surface area contributed by atoms with Gasteiger partial charge >= 0.3 is 0 Å². The molecule has 2 heterocycles. The van der Waals surface area contributed by atoms with Crippen LogP contribution in [0.5, 0.6) is 0 Å². The second-order valence-corrected chi connectivity index (χ2v) is 6.84. The topological polar surface area (TPSA) is 46.9 Å². The van der Waals surface area contributed by atoms with Crippen molar-refractivity contribution < 1.29 is 9.18 Å². The minimum absolute atomic E-state index is 0.274. The van der Waals surface area contributed by atoms with Crippen LogP contribution in [0.1, 0.15) is 10.5 Å². The minimum atomic E-state index is -0.324. The Bertz CT molecular complexity index is 1100. The van der Waals surface area contributed by atoms with Gasteiger partial charge in [-0.05, 0) is 36.4 Å². The van der Waals surface area contributed by atoms with Crippen molar-refractivity contribution in [1.29, 1.82) is 0 Å². The Balaban J connectivity index is 1.69. The fourth-order valence-electron chi connectivity index (χ4n) is 2.63. The lowest BCUT2D eigenvalue weighted by atomic mass is 10.2. The van der Waals surface area contributed by atoms with E-state index in [2.05, 4.69) is 10.3 Å². The molecule has 1 amide bonds. The summed E-state index contributed by atoms with van der Waals surface area (Å²) >= 11 is 7.25. The molecular formula is C17H11ClFN3OS. The van der Waals surface area contributed by atoms with E-state index in [0.717, 1.165) is 10.9 Å². The van der Waals surface area contributed by atoms with E-state index in [9.17, 15) is 9.18 Å². The number of nitrogens with zero attached hydrogens (tertiary/aromatic N) is 2. The Morgan fingerprint density at radius 3 is 2.92 bits per heavy atom. The normalized spacial score (nSPS) is 11.3. The van der Waals surface area contributed by atoms with E-state index in [-0.39, 0.29) is 11.7 Å². The Morgan fingerprint density at radius 1 is 1.25 bits per heavy atom. The Hall–Kier alpha value is -2.44. The molecule has 4 rings (SSSR count). The Morgan fingerprint density at radius 2 is 2.08 bits per heavy atom. The van der Waals surface area contributed by atoms with Gasteiger partial charge < -0.3 is 4.57 Å². The number of rotatable bonds is 2. The molecule has 0 radical (unpaired) electrons. The molecule has 0 atom stereocenters. The van der Waals surface area contributed by atoms with Crippen molar-refractivity contribution in [1.82, 2.24) is 9.55 Å². The maximum absolute atomic E-state index is 13.3. The highest BCUT2D eigenvalue weighted by molar-refractivity contribution is 7.22. The Kier molecular flexibility index (Phi) is 3.51. The van der Waals surface area contributed by atoms with Crippen LogP contribution in [0.3, 0.4) is 0 Å². The van der Waals surface area contributed by atoms with E-state index in [1.165, 1.54) is 23.5 Å². The summed E-state index contributed by atoms with van der Waals surface area (Å²) in [5.74, 6) is -0.598. The van der Waals surface area contributed by atoms with Gasteiger partial charge in [-0.2, -0.15) is 0 Å². The predicted molar refractivity (Wildman–Crippen MR) is 95.5 cm³/mol. The number of thiazole rings is 1. The van der Waals surface area contributed by atoms with Gasteiger partial charge in [-0.15, -0.1) is 0 Å². The molecule has 24 heavy (non-hydrogen) atoms. The molecule has 0 spiro atoms. The fourth-order valence-corrected chi connectivity index (χ4v) is 3.69. The lowest BCUT2D eigenvalue weighted by molar-refractivity contribution is 0.102. The fraction of sp³-hybridized carbons (Fsp3) is 0.0588. The largest absolute Gasteiger partial charge is 0.340 e. The van der Waals surface area contributed by atoms with Crippen LogP contribution in [0.4, 0.5) is 9.52 Å². The maximum atomic E-state index is 13.3. The van der Waals surface area contributed by atoms with Crippen molar-refractivity contribution in [2.45, 2.75) is 0 Å². The molecule has 0 aliphatic heterocycles. The van der Waals surface area contributed by atoms with Gasteiger partial charge in [0.15, 0.2) is 5.13 Å². The van der Waals surface area contributed by atoms with Crippen LogP contribution in [0.15, 0.2) is 42.5 Å². The first-order valence-electron chi connectivity index (χ1n) is 7.14. The number of halogens is 2. The van der Waals surface area contributed by atoms with Gasteiger partial charge in [0, 0.05) is 23.0 Å². The number of amides is 1. The number of benzene rings is 2. The van der Waals surface area contributed by atoms with Crippen LogP contribution in [-0.2, 0) is 7.05 Å². The lowest BCUT2D eigenvalue weighted by Gasteiger charge is -2.04. The lowest BCUT2D eigenvalue weighted by Crippen LogP contribution is -2.15. The molecule has 0 saturated heterocycles. The molecule has 0 bridgehead atoms. The van der Waals surface area contributed by atoms with Crippen LogP contribution in [0.2, 0.25) is 5.02 Å². The monoisotopic (exact) mass is 359 g/mol. The zero-order chi connectivity index (χ0) is 16.8. The van der Waals surface area contributed by atoms with Gasteiger partial charge in [-0.3, -0.25) is 10.1 Å². The summed E-state index contributed by atoms with van der Waals surface area (Å²) in [5, 5.41) is 4.75. The summed E-state index contributed by atoms with van der Waals surface area (Å²) in [4.78, 5) is 16.9. The number of aromatic nitrogens is 2. The average molecular weight is 360 g/mol. The van der Waals surface area contributed by atoms with Crippen molar-refractivity contribution >= 4 is 55.1 Å². The van der Waals surface area contributed by atoms with Crippen molar-refractivity contribution in [3.8, 4) is 0 Å². The summed E-state index contributed by atoms with van der Waals surface area (Å²) in [6.45, 7) is 0. The van der Waals surface area contributed by atoms with Crippen molar-refractivity contribution in [2.75, 3.05) is 5.32 Å². The summed E-state index contributed by atoms with van der Waals surface area (Å²) in [7, 11) is 1.81. The molecule has 4 aromatic rings. The van der Waals surface area contributed by atoms with Gasteiger partial charge in [0.1, 0.15) is 11.5 Å². The highest BCUT2D eigenvalue weighted by atomic mass is 35.5. The van der Waals surface area contributed by atoms with E-state index in [4.69, 9.17) is 11.6 Å². The quantitative estimate of drug-likeness (QED) is 0.557. The zero-order valence-electron chi connectivity index (χ0n) is 12.5. The minimum Gasteiger partial charge on any atom is -0.340 e. The first-order chi connectivity index (χ1) is 11.5. The van der Waals surface area contributed by atoms with Crippen molar-refractivity contribution in [3.05, 3.63) is 59.0 Å². The van der Waals surface area contributed by atoms with Crippen LogP contribution >= 0.6 is 22.9 Å². The second kappa shape index (κ2) is 5.58. The Labute approximate surface area is 145 Å². The van der Waals surface area contributed by atoms with E-state index in [0.29, 0.717) is 26.1 Å². The van der Waals surface area contributed by atoms with E-state index in [1.54, 1.807) is 29.8 Å². The number of nitrogens with one attached hydrogen (secondary N) is 1. The molecule has 0 aliphatic carbocycles. The summed E-state index contributed by atoms with van der Waals surface area (Å²) in [6.07, 6.45) is 0. The standard InChI is InChI=1S/C17H11ClFN3OS/c1-22-13-7-10(18)3-2-9(13)6-14(22)16(23)21-17-20-12-5-4-11(19)8-15(12)24-17/h2-8H,1H3,(H,20,21,23). The summed E-state index contributed by atoms with van der Waals surface area (Å²) in [5.41, 5.74) is 2.03. The molecule has 2 aromatic carbocycles. The molecule has 0 fully saturated rings. The zero-order valence-corrected chi connectivity index (χ0v) is 14.1. The van der Waals surface area contributed by atoms with Gasteiger partial charge in [0.05, 0.1) is 10.2 Å². The van der Waals surface area contributed by atoms with Crippen LogP contribution in [0.25, 0.3) is 21.1 Å². The van der Waals surface area contributed by atoms with Crippen molar-refractivity contribution in [3.63, 3.8) is 0 Å². The number of aryl methyl sites for hydroxylation is 1. The molecule has 4 nitrogen and oxygen atoms in total. The molecule has 0 unspecified atom stereocenters. The molecule has 120 valence electrons. The second-order valence-electron chi connectivity index (χ2n) is 5.38. The molecule has 0 aliphatic rings. The first-order valence-corrected chi connectivity index (χ1v) is 8.33. The molecule has 7 heteroatoms. The molecule has 1 N–H and O–H groups in total. The number of hydrogen-bond acceptors (Lipinski definition) is 3. The highest BCUT2D eigenvalue weighted by Crippen LogP contribution is 2.28. The number of carbonyl (C=O) groups is 1. The third-order valence-corrected chi connectivity index (χ3v) is 4.98. The van der Waals surface area contributed by atoms with Crippen molar-refractivity contribution in [2.24, 2.45) is 7.05 Å². The average Bonchev–Trinajstić information content (AvgIpc) is 3.08. The van der Waals surface area contributed by atoms with Gasteiger partial charge in [0.25, 0.3) is 5.91 Å². The predicted octanol–water partition coefficient (Wildman–Crippen LogP) is 4.83. The molecule has 0 saturated carbocycles.